The number of methoxy groups -OCH3 is 1. The molecule has 156 valence electrons. The summed E-state index contributed by atoms with van der Waals surface area (Å²) in [6, 6.07) is 13.8. The number of fused-ring (bicyclic) bond motifs is 1. The lowest BCUT2D eigenvalue weighted by Gasteiger charge is -2.44. The molecule has 2 aromatic carbocycles. The summed E-state index contributed by atoms with van der Waals surface area (Å²) in [5, 5.41) is 3.68. The average Bonchev–Trinajstić information content (AvgIpc) is 2.74. The Kier molecular flexibility index (Phi) is 8.01. The van der Waals surface area contributed by atoms with E-state index < -0.39 is 17.2 Å². The fraction of sp³-hybridized carbons (Fsp3) is 0.381. The Labute approximate surface area is 176 Å². The van der Waals surface area contributed by atoms with Gasteiger partial charge in [-0.05, 0) is 27.4 Å². The van der Waals surface area contributed by atoms with Gasteiger partial charge in [-0.15, -0.1) is 0 Å². The largest absolute Gasteiger partial charge is 0.380 e. The van der Waals surface area contributed by atoms with Gasteiger partial charge in [0.1, 0.15) is 17.2 Å². The molecule has 2 aliphatic heterocycles. The number of hydrogen-bond donors (Lipinski definition) is 1. The van der Waals surface area contributed by atoms with E-state index in [0.29, 0.717) is 25.4 Å². The molecular formula is C21H25F2N2O2PS. The van der Waals surface area contributed by atoms with E-state index in [1.54, 1.807) is 18.9 Å². The maximum Gasteiger partial charge on any atom is 0.160 e. The van der Waals surface area contributed by atoms with Gasteiger partial charge in [0.2, 0.25) is 0 Å². The van der Waals surface area contributed by atoms with Gasteiger partial charge in [0.15, 0.2) is 5.17 Å². The van der Waals surface area contributed by atoms with Crippen LogP contribution in [0.5, 0.6) is 0 Å². The molecule has 8 heteroatoms. The van der Waals surface area contributed by atoms with E-state index in [-0.39, 0.29) is 5.92 Å². The molecule has 2 aliphatic rings. The molecule has 2 aromatic rings. The quantitative estimate of drug-likeness (QED) is 0.716. The summed E-state index contributed by atoms with van der Waals surface area (Å²) in [6.45, 7) is 1.70. The molecule has 3 atom stereocenters. The first-order valence-corrected chi connectivity index (χ1v) is 10.9. The van der Waals surface area contributed by atoms with E-state index in [0.717, 1.165) is 23.4 Å². The highest BCUT2D eigenvalue weighted by atomic mass is 32.2. The van der Waals surface area contributed by atoms with Crippen LogP contribution in [0.3, 0.4) is 0 Å². The van der Waals surface area contributed by atoms with Crippen molar-refractivity contribution < 1.29 is 18.3 Å². The molecule has 3 unspecified atom stereocenters. The molecule has 0 aromatic heterocycles. The second kappa shape index (κ2) is 10.5. The zero-order chi connectivity index (χ0) is 20.7. The number of nitrogens with zero attached hydrogens (tertiary/aromatic N) is 1. The van der Waals surface area contributed by atoms with Crippen LogP contribution in [0.25, 0.3) is 0 Å². The number of halogens is 2. The van der Waals surface area contributed by atoms with Crippen LogP contribution in [0.2, 0.25) is 0 Å². The fourth-order valence-electron chi connectivity index (χ4n) is 3.56. The van der Waals surface area contributed by atoms with Gasteiger partial charge >= 0.3 is 0 Å². The predicted molar refractivity (Wildman–Crippen MR) is 117 cm³/mol. The summed E-state index contributed by atoms with van der Waals surface area (Å²) in [4.78, 5) is 4.67. The lowest BCUT2D eigenvalue weighted by Crippen LogP contribution is -2.48. The topological polar surface area (TPSA) is 42.9 Å². The van der Waals surface area contributed by atoms with E-state index in [1.807, 2.05) is 30.3 Å². The normalized spacial score (nSPS) is 23.3. The summed E-state index contributed by atoms with van der Waals surface area (Å²) < 4.78 is 37.9. The van der Waals surface area contributed by atoms with E-state index in [9.17, 15) is 8.78 Å². The Morgan fingerprint density at radius 2 is 2.07 bits per heavy atom. The van der Waals surface area contributed by atoms with Crippen molar-refractivity contribution in [3.05, 3.63) is 71.3 Å². The molecule has 0 radical (unpaired) electrons. The van der Waals surface area contributed by atoms with Crippen LogP contribution in [0.1, 0.15) is 17.5 Å². The molecule has 4 nitrogen and oxygen atoms in total. The van der Waals surface area contributed by atoms with Crippen LogP contribution in [0, 0.1) is 17.6 Å². The molecule has 1 saturated heterocycles. The van der Waals surface area contributed by atoms with Gasteiger partial charge in [-0.2, -0.15) is 0 Å². The van der Waals surface area contributed by atoms with Crippen LogP contribution < -0.4 is 5.09 Å². The van der Waals surface area contributed by atoms with Crippen molar-refractivity contribution in [2.24, 2.45) is 10.9 Å². The standard InChI is InChI=1S/C13H15F2N2OPS.C8H10O/c14-9-1-2-10(11(15)5-9)13-7-18-4-3-8(13)6-20-12(16-13)17-19;1-9-7-8-5-3-2-4-6-8/h1-2,5,8H,3-4,6-7,19H2,(H,16,17);2-6H,7H2,1H3. The lowest BCUT2D eigenvalue weighted by atomic mass is 9.76. The highest BCUT2D eigenvalue weighted by Crippen LogP contribution is 2.45. The second-order valence-corrected chi connectivity index (χ2v) is 8.17. The van der Waals surface area contributed by atoms with Crippen molar-refractivity contribution in [1.82, 2.24) is 5.09 Å². The zero-order valence-electron chi connectivity index (χ0n) is 16.2. The second-order valence-electron chi connectivity index (χ2n) is 6.88. The van der Waals surface area contributed by atoms with Gasteiger partial charge in [-0.25, -0.2) is 13.8 Å². The Hall–Kier alpha value is -1.53. The molecule has 0 amide bonds. The van der Waals surface area contributed by atoms with Crippen LogP contribution in [-0.4, -0.2) is 31.2 Å². The summed E-state index contributed by atoms with van der Waals surface area (Å²) in [5.41, 5.74) is 0.891. The number of rotatable bonds is 3. The first kappa shape index (κ1) is 22.2. The number of hydrogen-bond acceptors (Lipinski definition) is 5. The van der Waals surface area contributed by atoms with Crippen molar-refractivity contribution >= 4 is 26.3 Å². The molecule has 4 rings (SSSR count). The summed E-state index contributed by atoms with van der Waals surface area (Å²) in [6.07, 6.45) is 0.831. The van der Waals surface area contributed by atoms with Gasteiger partial charge in [0.05, 0.1) is 13.2 Å². The number of nitrogens with one attached hydrogen (secondary N) is 1. The number of benzene rings is 2. The fourth-order valence-corrected chi connectivity index (χ4v) is 4.99. The van der Waals surface area contributed by atoms with Gasteiger partial charge in [0, 0.05) is 37.0 Å². The van der Waals surface area contributed by atoms with Crippen molar-refractivity contribution in [2.75, 3.05) is 26.1 Å². The Balaban J connectivity index is 0.000000224. The molecule has 29 heavy (non-hydrogen) atoms. The number of thioether (sulfide) groups is 1. The van der Waals surface area contributed by atoms with Gasteiger partial charge in [-0.1, -0.05) is 48.2 Å². The van der Waals surface area contributed by atoms with E-state index in [4.69, 9.17) is 9.47 Å². The molecular weight excluding hydrogens is 413 g/mol. The third-order valence-corrected chi connectivity index (χ3v) is 6.54. The number of ether oxygens (including phenoxy) is 2. The van der Waals surface area contributed by atoms with Crippen molar-refractivity contribution in [3.8, 4) is 0 Å². The van der Waals surface area contributed by atoms with Crippen LogP contribution in [-0.2, 0) is 21.6 Å². The first-order valence-electron chi connectivity index (χ1n) is 9.34. The third-order valence-electron chi connectivity index (χ3n) is 5.01. The third kappa shape index (κ3) is 5.34. The Bertz CT molecular complexity index is 841. The van der Waals surface area contributed by atoms with Crippen molar-refractivity contribution in [1.29, 1.82) is 0 Å². The summed E-state index contributed by atoms with van der Waals surface area (Å²) in [5.74, 6) is -0.0857. The maximum absolute atomic E-state index is 14.2. The highest BCUT2D eigenvalue weighted by molar-refractivity contribution is 8.14. The van der Waals surface area contributed by atoms with Gasteiger partial charge < -0.3 is 14.6 Å². The summed E-state index contributed by atoms with van der Waals surface area (Å²) >= 11 is 1.62. The molecule has 0 bridgehead atoms. The minimum atomic E-state index is -0.750. The SMILES string of the molecule is COCc1ccccc1.Fc1ccc(C23COCCC2CSC(NP)=N3)c(F)c1. The average molecular weight is 438 g/mol. The van der Waals surface area contributed by atoms with Crippen molar-refractivity contribution in [3.63, 3.8) is 0 Å². The monoisotopic (exact) mass is 438 g/mol. The smallest absolute Gasteiger partial charge is 0.160 e. The predicted octanol–water partition coefficient (Wildman–Crippen LogP) is 4.51. The van der Waals surface area contributed by atoms with Crippen molar-refractivity contribution in [2.45, 2.75) is 18.6 Å². The first-order chi connectivity index (χ1) is 14.1. The molecule has 0 aliphatic carbocycles. The van der Waals surface area contributed by atoms with Crippen LogP contribution in [0.4, 0.5) is 8.78 Å². The van der Waals surface area contributed by atoms with Crippen LogP contribution >= 0.6 is 21.2 Å². The maximum atomic E-state index is 14.2. The van der Waals surface area contributed by atoms with E-state index in [1.165, 1.54) is 17.7 Å². The summed E-state index contributed by atoms with van der Waals surface area (Å²) in [7, 11) is 4.10. The Morgan fingerprint density at radius 3 is 2.76 bits per heavy atom. The lowest BCUT2D eigenvalue weighted by molar-refractivity contribution is 0.00292. The molecule has 1 N–H and O–H groups in total. The Morgan fingerprint density at radius 1 is 1.28 bits per heavy atom. The van der Waals surface area contributed by atoms with Gasteiger partial charge in [0.25, 0.3) is 0 Å². The minimum absolute atomic E-state index is 0.198. The number of aliphatic imine (C=N–C) groups is 1. The van der Waals surface area contributed by atoms with Crippen LogP contribution in [0.15, 0.2) is 53.5 Å². The highest BCUT2D eigenvalue weighted by Gasteiger charge is 2.47. The molecule has 0 spiro atoms. The molecule has 2 heterocycles. The minimum Gasteiger partial charge on any atom is -0.380 e. The number of amidine groups is 1. The molecule has 1 fully saturated rings. The zero-order valence-corrected chi connectivity index (χ0v) is 18.2. The van der Waals surface area contributed by atoms with E-state index in [2.05, 4.69) is 19.5 Å². The van der Waals surface area contributed by atoms with E-state index >= 15 is 0 Å². The van der Waals surface area contributed by atoms with Gasteiger partial charge in [-0.3, -0.25) is 0 Å². The molecule has 0 saturated carbocycles.